The number of nitrogens with zero attached hydrogens (tertiary/aromatic N) is 2. The number of aromatic amines is 1. The van der Waals surface area contributed by atoms with E-state index in [1.807, 2.05) is 42.5 Å². The van der Waals surface area contributed by atoms with Crippen molar-refractivity contribution in [3.63, 3.8) is 0 Å². The molecule has 6 nitrogen and oxygen atoms in total. The minimum absolute atomic E-state index is 0.461. The maximum absolute atomic E-state index is 6.05. The molecule has 0 bridgehead atoms. The molecule has 1 heterocycles. The summed E-state index contributed by atoms with van der Waals surface area (Å²) in [6.45, 7) is 0.972. The van der Waals surface area contributed by atoms with Gasteiger partial charge in [-0.3, -0.25) is 0 Å². The van der Waals surface area contributed by atoms with E-state index < -0.39 is 0 Å². The lowest BCUT2D eigenvalue weighted by Gasteiger charge is -2.17. The highest BCUT2D eigenvalue weighted by Crippen LogP contribution is 2.37. The van der Waals surface area contributed by atoms with Gasteiger partial charge in [-0.05, 0) is 17.7 Å². The van der Waals surface area contributed by atoms with Crippen LogP contribution < -0.4 is 14.8 Å². The van der Waals surface area contributed by atoms with Gasteiger partial charge in [0.2, 0.25) is 5.95 Å². The zero-order valence-electron chi connectivity index (χ0n) is 13.1. The van der Waals surface area contributed by atoms with Gasteiger partial charge < -0.3 is 14.8 Å². The van der Waals surface area contributed by atoms with Crippen molar-refractivity contribution in [1.29, 1.82) is 0 Å². The van der Waals surface area contributed by atoms with E-state index in [4.69, 9.17) is 9.47 Å². The number of hydrogen-bond acceptors (Lipinski definition) is 5. The van der Waals surface area contributed by atoms with Crippen LogP contribution in [-0.2, 0) is 13.2 Å². The zero-order valence-corrected chi connectivity index (χ0v) is 14.7. The van der Waals surface area contributed by atoms with Gasteiger partial charge in [0.05, 0.1) is 7.11 Å². The first kappa shape index (κ1) is 16.3. The molecule has 2 aromatic carbocycles. The summed E-state index contributed by atoms with van der Waals surface area (Å²) in [6.07, 6.45) is 1.45. The lowest BCUT2D eigenvalue weighted by atomic mass is 10.1. The molecule has 0 aliphatic carbocycles. The average molecular weight is 389 g/mol. The van der Waals surface area contributed by atoms with Crippen molar-refractivity contribution in [2.75, 3.05) is 12.4 Å². The number of aromatic nitrogens is 3. The number of nitrogens with one attached hydrogen (secondary N) is 2. The van der Waals surface area contributed by atoms with Gasteiger partial charge >= 0.3 is 0 Å². The Morgan fingerprint density at radius 1 is 1.17 bits per heavy atom. The van der Waals surface area contributed by atoms with E-state index in [-0.39, 0.29) is 0 Å². The van der Waals surface area contributed by atoms with Gasteiger partial charge in [0.1, 0.15) is 12.9 Å². The lowest BCUT2D eigenvalue weighted by Crippen LogP contribution is -2.07. The first-order chi connectivity index (χ1) is 11.8. The molecule has 0 aliphatic rings. The summed E-state index contributed by atoms with van der Waals surface area (Å²) in [7, 11) is 1.63. The quantitative estimate of drug-likeness (QED) is 0.644. The molecule has 3 rings (SSSR count). The molecule has 0 amide bonds. The molecule has 3 aromatic rings. The van der Waals surface area contributed by atoms with Gasteiger partial charge in [-0.2, -0.15) is 5.10 Å². The Kier molecular flexibility index (Phi) is 5.32. The van der Waals surface area contributed by atoms with E-state index in [9.17, 15) is 0 Å². The maximum atomic E-state index is 6.05. The molecule has 7 heteroatoms. The molecule has 0 fully saturated rings. The van der Waals surface area contributed by atoms with E-state index >= 15 is 0 Å². The number of halogens is 1. The van der Waals surface area contributed by atoms with Crippen molar-refractivity contribution in [2.24, 2.45) is 0 Å². The number of anilines is 1. The van der Waals surface area contributed by atoms with Gasteiger partial charge in [0.15, 0.2) is 11.5 Å². The molecule has 0 spiro atoms. The Morgan fingerprint density at radius 3 is 2.71 bits per heavy atom. The fraction of sp³-hybridized carbons (Fsp3) is 0.176. The van der Waals surface area contributed by atoms with Crippen LogP contribution in [0.1, 0.15) is 11.1 Å². The van der Waals surface area contributed by atoms with E-state index in [1.54, 1.807) is 7.11 Å². The minimum atomic E-state index is 0.461. The summed E-state index contributed by atoms with van der Waals surface area (Å²) in [6, 6.07) is 13.8. The van der Waals surface area contributed by atoms with Crippen LogP contribution in [0.2, 0.25) is 0 Å². The molecule has 124 valence electrons. The monoisotopic (exact) mass is 388 g/mol. The van der Waals surface area contributed by atoms with Crippen molar-refractivity contribution in [3.8, 4) is 11.5 Å². The number of hydrogen-bond donors (Lipinski definition) is 2. The summed E-state index contributed by atoms with van der Waals surface area (Å²) in [5, 5.41) is 9.77. The Morgan fingerprint density at radius 2 is 2.00 bits per heavy atom. The van der Waals surface area contributed by atoms with E-state index in [1.165, 1.54) is 6.33 Å². The Bertz CT molecular complexity index is 779. The third-order valence-electron chi connectivity index (χ3n) is 3.46. The highest BCUT2D eigenvalue weighted by Gasteiger charge is 2.15. The predicted molar refractivity (Wildman–Crippen MR) is 95.2 cm³/mol. The SMILES string of the molecule is COc1ccc(Br)c(CNc2ncn[nH]2)c1OCc1ccccc1. The van der Waals surface area contributed by atoms with Gasteiger partial charge in [-0.1, -0.05) is 46.3 Å². The first-order valence-electron chi connectivity index (χ1n) is 7.39. The Balaban J connectivity index is 1.82. The maximum Gasteiger partial charge on any atom is 0.218 e. The fourth-order valence-corrected chi connectivity index (χ4v) is 2.71. The van der Waals surface area contributed by atoms with Crippen LogP contribution in [0.25, 0.3) is 0 Å². The average Bonchev–Trinajstić information content (AvgIpc) is 3.13. The number of benzene rings is 2. The van der Waals surface area contributed by atoms with E-state index in [2.05, 4.69) is 36.4 Å². The molecule has 1 aromatic heterocycles. The molecular weight excluding hydrogens is 372 g/mol. The summed E-state index contributed by atoms with van der Waals surface area (Å²) >= 11 is 3.58. The number of rotatable bonds is 7. The summed E-state index contributed by atoms with van der Waals surface area (Å²) in [5.41, 5.74) is 2.04. The summed E-state index contributed by atoms with van der Waals surface area (Å²) < 4.78 is 12.4. The molecule has 0 saturated carbocycles. The highest BCUT2D eigenvalue weighted by molar-refractivity contribution is 9.10. The fourth-order valence-electron chi connectivity index (χ4n) is 2.26. The van der Waals surface area contributed by atoms with Crippen LogP contribution in [0, 0.1) is 0 Å². The predicted octanol–water partition coefficient (Wildman–Crippen LogP) is 3.77. The Hall–Kier alpha value is -2.54. The second-order valence-electron chi connectivity index (χ2n) is 5.02. The molecule has 2 N–H and O–H groups in total. The van der Waals surface area contributed by atoms with Crippen LogP contribution >= 0.6 is 15.9 Å². The largest absolute Gasteiger partial charge is 0.493 e. The van der Waals surface area contributed by atoms with Crippen LogP contribution in [0.4, 0.5) is 5.95 Å². The van der Waals surface area contributed by atoms with Crippen LogP contribution in [0.5, 0.6) is 11.5 Å². The van der Waals surface area contributed by atoms with Crippen LogP contribution in [-0.4, -0.2) is 22.3 Å². The number of ether oxygens (including phenoxy) is 2. The summed E-state index contributed by atoms with van der Waals surface area (Å²) in [4.78, 5) is 4.06. The van der Waals surface area contributed by atoms with Crippen molar-refractivity contribution < 1.29 is 9.47 Å². The number of methoxy groups -OCH3 is 1. The number of H-pyrrole nitrogens is 1. The third-order valence-corrected chi connectivity index (χ3v) is 4.20. The van der Waals surface area contributed by atoms with Gasteiger partial charge in [-0.15, -0.1) is 0 Å². The van der Waals surface area contributed by atoms with Crippen LogP contribution in [0.3, 0.4) is 0 Å². The van der Waals surface area contributed by atoms with Crippen LogP contribution in [0.15, 0.2) is 53.3 Å². The lowest BCUT2D eigenvalue weighted by molar-refractivity contribution is 0.281. The van der Waals surface area contributed by atoms with Crippen molar-refractivity contribution >= 4 is 21.9 Å². The van der Waals surface area contributed by atoms with Crippen molar-refractivity contribution in [1.82, 2.24) is 15.2 Å². The standard InChI is InChI=1S/C17H17BrN4O2/c1-23-15-8-7-14(18)13(9-19-17-20-11-21-22-17)16(15)24-10-12-5-3-2-4-6-12/h2-8,11H,9-10H2,1H3,(H2,19,20,21,22). The Labute approximate surface area is 148 Å². The molecular formula is C17H17BrN4O2. The smallest absolute Gasteiger partial charge is 0.218 e. The topological polar surface area (TPSA) is 72.1 Å². The van der Waals surface area contributed by atoms with Crippen molar-refractivity contribution in [2.45, 2.75) is 13.2 Å². The van der Waals surface area contributed by atoms with Crippen molar-refractivity contribution in [3.05, 3.63) is 64.4 Å². The second kappa shape index (κ2) is 7.83. The first-order valence-corrected chi connectivity index (χ1v) is 8.18. The summed E-state index contributed by atoms with van der Waals surface area (Å²) in [5.74, 6) is 1.98. The van der Waals surface area contributed by atoms with E-state index in [0.717, 1.165) is 15.6 Å². The normalized spacial score (nSPS) is 10.4. The van der Waals surface area contributed by atoms with E-state index in [0.29, 0.717) is 30.6 Å². The molecule has 24 heavy (non-hydrogen) atoms. The molecule has 0 unspecified atom stereocenters. The molecule has 0 saturated heterocycles. The van der Waals surface area contributed by atoms with Gasteiger partial charge in [0.25, 0.3) is 0 Å². The third kappa shape index (κ3) is 3.86. The molecule has 0 radical (unpaired) electrons. The zero-order chi connectivity index (χ0) is 16.8. The van der Waals surface area contributed by atoms with Gasteiger partial charge in [0, 0.05) is 16.6 Å². The molecule has 0 atom stereocenters. The second-order valence-corrected chi connectivity index (χ2v) is 5.87. The molecule has 0 aliphatic heterocycles. The van der Waals surface area contributed by atoms with Gasteiger partial charge in [-0.25, -0.2) is 10.1 Å². The highest BCUT2D eigenvalue weighted by atomic mass is 79.9. The minimum Gasteiger partial charge on any atom is -0.493 e.